The van der Waals surface area contributed by atoms with Crippen molar-refractivity contribution in [3.63, 3.8) is 0 Å². The SMILES string of the molecule is O=C(Nc1ccc(Cl)cc1C(F)(F)F)c1snnc1C(F)F. The van der Waals surface area contributed by atoms with Gasteiger partial charge in [0.1, 0.15) is 4.88 Å². The summed E-state index contributed by atoms with van der Waals surface area (Å²) in [6.07, 6.45) is -7.84. The number of carbonyl (C=O) groups excluding carboxylic acids is 1. The molecular formula is C11H5ClF5N3OS. The summed E-state index contributed by atoms with van der Waals surface area (Å²) in [6, 6.07) is 2.68. The van der Waals surface area contributed by atoms with Crippen LogP contribution in [0.15, 0.2) is 18.2 Å². The van der Waals surface area contributed by atoms with Gasteiger partial charge in [-0.2, -0.15) is 13.2 Å². The number of hydrogen-bond acceptors (Lipinski definition) is 4. The smallest absolute Gasteiger partial charge is 0.321 e. The van der Waals surface area contributed by atoms with E-state index in [9.17, 15) is 26.7 Å². The third-order valence-electron chi connectivity index (χ3n) is 2.46. The fourth-order valence-corrected chi connectivity index (χ4v) is 2.28. The summed E-state index contributed by atoms with van der Waals surface area (Å²) in [6.45, 7) is 0. The van der Waals surface area contributed by atoms with Gasteiger partial charge >= 0.3 is 6.18 Å². The minimum absolute atomic E-state index is 0.182. The van der Waals surface area contributed by atoms with Gasteiger partial charge in [-0.15, -0.1) is 5.10 Å². The molecule has 0 saturated carbocycles. The summed E-state index contributed by atoms with van der Waals surface area (Å²) in [4.78, 5) is 11.3. The molecule has 2 rings (SSSR count). The monoisotopic (exact) mass is 357 g/mol. The highest BCUT2D eigenvalue weighted by Crippen LogP contribution is 2.37. The Labute approximate surface area is 129 Å². The molecule has 1 aromatic heterocycles. The molecule has 1 aromatic carbocycles. The van der Waals surface area contributed by atoms with Crippen molar-refractivity contribution in [2.45, 2.75) is 12.6 Å². The Morgan fingerprint density at radius 2 is 2.00 bits per heavy atom. The normalized spacial score (nSPS) is 11.8. The van der Waals surface area contributed by atoms with Crippen LogP contribution in [-0.2, 0) is 6.18 Å². The highest BCUT2D eigenvalue weighted by Gasteiger charge is 2.35. The molecule has 0 aliphatic heterocycles. The number of benzene rings is 1. The Kier molecular flexibility index (Phi) is 4.61. The van der Waals surface area contributed by atoms with Crippen LogP contribution in [0.1, 0.15) is 27.4 Å². The fraction of sp³-hybridized carbons (Fsp3) is 0.182. The third kappa shape index (κ3) is 3.50. The van der Waals surface area contributed by atoms with Crippen LogP contribution in [0.2, 0.25) is 5.02 Å². The largest absolute Gasteiger partial charge is 0.418 e. The second-order valence-electron chi connectivity index (χ2n) is 3.93. The lowest BCUT2D eigenvalue weighted by molar-refractivity contribution is -0.136. The summed E-state index contributed by atoms with van der Waals surface area (Å²) < 4.78 is 67.0. The highest BCUT2D eigenvalue weighted by atomic mass is 35.5. The van der Waals surface area contributed by atoms with E-state index < -0.39 is 40.3 Å². The second kappa shape index (κ2) is 6.13. The van der Waals surface area contributed by atoms with Gasteiger partial charge in [0.05, 0.1) is 11.3 Å². The summed E-state index contributed by atoms with van der Waals surface area (Å²) in [5, 5.41) is 4.82. The molecule has 0 bridgehead atoms. The van der Waals surface area contributed by atoms with E-state index in [1.807, 2.05) is 5.32 Å². The van der Waals surface area contributed by atoms with E-state index in [0.717, 1.165) is 12.1 Å². The van der Waals surface area contributed by atoms with Crippen LogP contribution in [0, 0.1) is 0 Å². The number of halogens is 6. The first-order chi connectivity index (χ1) is 10.2. The van der Waals surface area contributed by atoms with Crippen molar-refractivity contribution >= 4 is 34.7 Å². The Bertz CT molecular complexity index is 703. The average molecular weight is 358 g/mol. The van der Waals surface area contributed by atoms with E-state index in [2.05, 4.69) is 9.59 Å². The maximum atomic E-state index is 12.9. The summed E-state index contributed by atoms with van der Waals surface area (Å²) >= 11 is 5.86. The van der Waals surface area contributed by atoms with E-state index >= 15 is 0 Å². The Balaban J connectivity index is 2.35. The standard InChI is InChI=1S/C11H5ClF5N3OS/c12-4-1-2-6(5(3-4)11(15,16)17)18-10(21)8-7(9(13)14)19-20-22-8/h1-3,9H,(H,18,21). The zero-order valence-electron chi connectivity index (χ0n) is 10.3. The quantitative estimate of drug-likeness (QED) is 0.828. The fourth-order valence-electron chi connectivity index (χ4n) is 1.54. The molecule has 22 heavy (non-hydrogen) atoms. The number of amides is 1. The molecule has 1 amide bonds. The first kappa shape index (κ1) is 16.6. The Hall–Kier alpha value is -1.81. The number of nitrogens with one attached hydrogen (secondary N) is 1. The predicted molar refractivity (Wildman–Crippen MR) is 69.3 cm³/mol. The van der Waals surface area contributed by atoms with E-state index in [4.69, 9.17) is 11.6 Å². The maximum absolute atomic E-state index is 12.9. The lowest BCUT2D eigenvalue weighted by Crippen LogP contribution is -2.17. The van der Waals surface area contributed by atoms with E-state index in [0.29, 0.717) is 17.6 Å². The molecule has 0 aliphatic carbocycles. The number of anilines is 1. The number of hydrogen-bond donors (Lipinski definition) is 1. The molecule has 0 atom stereocenters. The lowest BCUT2D eigenvalue weighted by Gasteiger charge is -2.13. The van der Waals surface area contributed by atoms with Crippen LogP contribution in [0.25, 0.3) is 0 Å². The van der Waals surface area contributed by atoms with Crippen LogP contribution >= 0.6 is 23.1 Å². The molecule has 0 unspecified atom stereocenters. The topological polar surface area (TPSA) is 54.9 Å². The van der Waals surface area contributed by atoms with Gasteiger partial charge in [-0.25, -0.2) is 8.78 Å². The van der Waals surface area contributed by atoms with Gasteiger partial charge < -0.3 is 5.32 Å². The van der Waals surface area contributed by atoms with Gasteiger partial charge in [-0.1, -0.05) is 16.1 Å². The van der Waals surface area contributed by atoms with Crippen molar-refractivity contribution in [3.05, 3.63) is 39.4 Å². The van der Waals surface area contributed by atoms with Crippen molar-refractivity contribution in [1.29, 1.82) is 0 Å². The minimum atomic E-state index is -4.77. The van der Waals surface area contributed by atoms with Crippen molar-refractivity contribution in [2.24, 2.45) is 0 Å². The van der Waals surface area contributed by atoms with Gasteiger partial charge in [0.15, 0.2) is 5.69 Å². The zero-order chi connectivity index (χ0) is 16.5. The summed E-state index contributed by atoms with van der Waals surface area (Å²) in [5.74, 6) is -1.15. The molecule has 0 radical (unpaired) electrons. The molecule has 0 aliphatic rings. The molecule has 0 saturated heterocycles. The van der Waals surface area contributed by atoms with Crippen molar-refractivity contribution in [2.75, 3.05) is 5.32 Å². The molecule has 0 fully saturated rings. The van der Waals surface area contributed by atoms with Crippen molar-refractivity contribution in [3.8, 4) is 0 Å². The molecular weight excluding hydrogens is 353 g/mol. The van der Waals surface area contributed by atoms with Gasteiger partial charge in [-0.05, 0) is 29.7 Å². The van der Waals surface area contributed by atoms with Gasteiger partial charge in [-0.3, -0.25) is 4.79 Å². The van der Waals surface area contributed by atoms with E-state index in [1.165, 1.54) is 0 Å². The molecule has 4 nitrogen and oxygen atoms in total. The van der Waals surface area contributed by atoms with Gasteiger partial charge in [0, 0.05) is 5.02 Å². The molecule has 118 valence electrons. The second-order valence-corrected chi connectivity index (χ2v) is 5.12. The molecule has 0 spiro atoms. The molecule has 1 N–H and O–H groups in total. The molecule has 1 heterocycles. The van der Waals surface area contributed by atoms with Crippen molar-refractivity contribution in [1.82, 2.24) is 9.59 Å². The zero-order valence-corrected chi connectivity index (χ0v) is 11.9. The predicted octanol–water partition coefficient (Wildman–Crippen LogP) is 4.40. The summed E-state index contributed by atoms with van der Waals surface area (Å²) in [5.41, 5.74) is -2.68. The number of rotatable bonds is 3. The third-order valence-corrected chi connectivity index (χ3v) is 3.44. The maximum Gasteiger partial charge on any atom is 0.418 e. The highest BCUT2D eigenvalue weighted by molar-refractivity contribution is 7.08. The van der Waals surface area contributed by atoms with Crippen LogP contribution in [0.3, 0.4) is 0 Å². The number of nitrogens with zero attached hydrogens (tertiary/aromatic N) is 2. The van der Waals surface area contributed by atoms with Crippen molar-refractivity contribution < 1.29 is 26.7 Å². The van der Waals surface area contributed by atoms with Crippen LogP contribution in [0.4, 0.5) is 27.6 Å². The summed E-state index contributed by atoms with van der Waals surface area (Å²) in [7, 11) is 0. The average Bonchev–Trinajstić information content (AvgIpc) is 2.89. The number of alkyl halides is 5. The van der Waals surface area contributed by atoms with Crippen LogP contribution < -0.4 is 5.32 Å². The molecule has 11 heteroatoms. The minimum Gasteiger partial charge on any atom is -0.321 e. The van der Waals surface area contributed by atoms with Gasteiger partial charge in [0.2, 0.25) is 0 Å². The Morgan fingerprint density at radius 1 is 1.32 bits per heavy atom. The van der Waals surface area contributed by atoms with Gasteiger partial charge in [0.25, 0.3) is 12.3 Å². The first-order valence-electron chi connectivity index (χ1n) is 5.48. The Morgan fingerprint density at radius 3 is 2.59 bits per heavy atom. The first-order valence-corrected chi connectivity index (χ1v) is 6.63. The molecule has 2 aromatic rings. The number of aromatic nitrogens is 2. The van der Waals surface area contributed by atoms with E-state index in [-0.39, 0.29) is 5.02 Å². The number of carbonyl (C=O) groups is 1. The van der Waals surface area contributed by atoms with Crippen LogP contribution in [0.5, 0.6) is 0 Å². The lowest BCUT2D eigenvalue weighted by atomic mass is 10.1. The van der Waals surface area contributed by atoms with Crippen LogP contribution in [-0.4, -0.2) is 15.5 Å². The van der Waals surface area contributed by atoms with E-state index in [1.54, 1.807) is 0 Å².